The van der Waals surface area contributed by atoms with Gasteiger partial charge in [0, 0.05) is 43.9 Å². The quantitative estimate of drug-likeness (QED) is 0.606. The molecule has 0 bridgehead atoms. The summed E-state index contributed by atoms with van der Waals surface area (Å²) in [6.45, 7) is 1.61. The Labute approximate surface area is 166 Å². The van der Waals surface area contributed by atoms with Crippen LogP contribution in [0.25, 0.3) is 10.2 Å². The number of pyridine rings is 2. The maximum absolute atomic E-state index is 12.7. The number of likely N-dealkylation sites (tertiary alicyclic amines) is 1. The van der Waals surface area contributed by atoms with E-state index in [2.05, 4.69) is 20.0 Å². The van der Waals surface area contributed by atoms with Crippen molar-refractivity contribution in [2.45, 2.75) is 16.7 Å². The molecule has 10 heteroatoms. The molecule has 8 nitrogen and oxygen atoms in total. The Balaban J connectivity index is 1.36. The van der Waals surface area contributed by atoms with Crippen LogP contribution in [-0.4, -0.2) is 54.9 Å². The van der Waals surface area contributed by atoms with E-state index in [-0.39, 0.29) is 10.1 Å². The minimum Gasteiger partial charge on any atom is -0.383 e. The van der Waals surface area contributed by atoms with Gasteiger partial charge in [-0.05, 0) is 36.8 Å². The van der Waals surface area contributed by atoms with E-state index in [9.17, 15) is 13.2 Å². The highest BCUT2D eigenvalue weighted by molar-refractivity contribution is 7.91. The summed E-state index contributed by atoms with van der Waals surface area (Å²) in [4.78, 5) is 22.4. The number of carbonyl (C=O) groups is 1. The second kappa shape index (κ2) is 7.82. The van der Waals surface area contributed by atoms with Gasteiger partial charge in [-0.1, -0.05) is 0 Å². The Morgan fingerprint density at radius 2 is 2.04 bits per heavy atom. The molecule has 1 fully saturated rings. The molecule has 0 saturated carbocycles. The minimum absolute atomic E-state index is 0.173. The van der Waals surface area contributed by atoms with Crippen LogP contribution in [0.3, 0.4) is 0 Å². The number of anilines is 1. The highest BCUT2D eigenvalue weighted by atomic mass is 32.2. The zero-order valence-electron chi connectivity index (χ0n) is 14.9. The Bertz CT molecular complexity index is 1050. The SMILES string of the molecule is O=C1[C@@H](NS(=O)(=O)c2cc3ncccc3s2)CCN1CCNc1ccncc1. The molecule has 0 spiro atoms. The van der Waals surface area contributed by atoms with Crippen LogP contribution in [0, 0.1) is 0 Å². The van der Waals surface area contributed by atoms with Crippen molar-refractivity contribution in [1.29, 1.82) is 0 Å². The zero-order chi connectivity index (χ0) is 19.6. The van der Waals surface area contributed by atoms with E-state index in [1.54, 1.807) is 29.6 Å². The van der Waals surface area contributed by atoms with Crippen molar-refractivity contribution in [2.24, 2.45) is 0 Å². The molecule has 0 aliphatic carbocycles. The van der Waals surface area contributed by atoms with Gasteiger partial charge in [-0.2, -0.15) is 4.72 Å². The Kier molecular flexibility index (Phi) is 5.25. The number of carbonyl (C=O) groups excluding carboxylic acids is 1. The van der Waals surface area contributed by atoms with Crippen molar-refractivity contribution in [1.82, 2.24) is 19.6 Å². The van der Waals surface area contributed by atoms with Crippen molar-refractivity contribution in [3.05, 3.63) is 48.9 Å². The van der Waals surface area contributed by atoms with E-state index in [0.717, 1.165) is 21.7 Å². The number of nitrogens with one attached hydrogen (secondary N) is 2. The van der Waals surface area contributed by atoms with Crippen molar-refractivity contribution >= 4 is 43.2 Å². The van der Waals surface area contributed by atoms with Crippen LogP contribution in [0.4, 0.5) is 5.69 Å². The number of sulfonamides is 1. The first-order chi connectivity index (χ1) is 13.5. The highest BCUT2D eigenvalue weighted by Crippen LogP contribution is 2.28. The topological polar surface area (TPSA) is 104 Å². The number of fused-ring (bicyclic) bond motifs is 1. The number of aromatic nitrogens is 2. The standard InChI is InChI=1S/C18H19N5O3S2/c24-18-14(5-10-23(18)11-9-20-13-3-7-19-8-4-13)22-28(25,26)17-12-15-16(27-17)2-1-6-21-15/h1-4,6-8,12,14,22H,5,9-11H2,(H,19,20)/t14-/m0/s1. The molecule has 28 heavy (non-hydrogen) atoms. The lowest BCUT2D eigenvalue weighted by Crippen LogP contribution is -2.42. The van der Waals surface area contributed by atoms with Crippen LogP contribution in [0.5, 0.6) is 0 Å². The third-order valence-corrected chi connectivity index (χ3v) is 7.55. The average Bonchev–Trinajstić information content (AvgIpc) is 3.28. The summed E-state index contributed by atoms with van der Waals surface area (Å²) < 4.78 is 28.9. The smallest absolute Gasteiger partial charge is 0.250 e. The normalized spacial score (nSPS) is 17.4. The second-order valence-corrected chi connectivity index (χ2v) is 9.43. The Hall–Kier alpha value is -2.56. The van der Waals surface area contributed by atoms with Crippen molar-refractivity contribution < 1.29 is 13.2 Å². The molecule has 4 rings (SSSR count). The van der Waals surface area contributed by atoms with Crippen LogP contribution >= 0.6 is 11.3 Å². The maximum atomic E-state index is 12.7. The molecule has 1 aliphatic rings. The minimum atomic E-state index is -3.77. The number of nitrogens with zero attached hydrogens (tertiary/aromatic N) is 3. The first-order valence-corrected chi connectivity index (χ1v) is 11.1. The lowest BCUT2D eigenvalue weighted by Gasteiger charge is -2.17. The van der Waals surface area contributed by atoms with E-state index in [0.29, 0.717) is 31.6 Å². The van der Waals surface area contributed by atoms with E-state index >= 15 is 0 Å². The van der Waals surface area contributed by atoms with Gasteiger partial charge in [0.05, 0.1) is 10.2 Å². The second-order valence-electron chi connectivity index (χ2n) is 6.40. The van der Waals surface area contributed by atoms with Crippen molar-refractivity contribution in [3.63, 3.8) is 0 Å². The molecule has 1 saturated heterocycles. The van der Waals surface area contributed by atoms with E-state index in [1.807, 2.05) is 18.2 Å². The first kappa shape index (κ1) is 18.8. The number of hydrogen-bond donors (Lipinski definition) is 2. The van der Waals surface area contributed by atoms with E-state index in [1.165, 1.54) is 6.07 Å². The van der Waals surface area contributed by atoms with Gasteiger partial charge in [-0.25, -0.2) is 8.42 Å². The monoisotopic (exact) mass is 417 g/mol. The van der Waals surface area contributed by atoms with Crippen LogP contribution in [0.15, 0.2) is 53.1 Å². The predicted octanol–water partition coefficient (Wildman–Crippen LogP) is 1.68. The molecule has 0 unspecified atom stereocenters. The maximum Gasteiger partial charge on any atom is 0.250 e. The summed E-state index contributed by atoms with van der Waals surface area (Å²) in [5.74, 6) is -0.195. The van der Waals surface area contributed by atoms with Gasteiger partial charge in [0.1, 0.15) is 10.3 Å². The van der Waals surface area contributed by atoms with Crippen LogP contribution < -0.4 is 10.0 Å². The fourth-order valence-electron chi connectivity index (χ4n) is 3.10. The number of rotatable bonds is 7. The third-order valence-electron chi connectivity index (χ3n) is 4.52. The molecular weight excluding hydrogens is 398 g/mol. The summed E-state index contributed by atoms with van der Waals surface area (Å²) in [5.41, 5.74) is 1.56. The molecule has 0 aromatic carbocycles. The fraction of sp³-hybridized carbons (Fsp3) is 0.278. The summed E-state index contributed by atoms with van der Waals surface area (Å²) in [7, 11) is -3.77. The fourth-order valence-corrected chi connectivity index (χ4v) is 5.68. The molecule has 3 aromatic heterocycles. The molecule has 1 aliphatic heterocycles. The van der Waals surface area contributed by atoms with Gasteiger partial charge in [-0.15, -0.1) is 11.3 Å². The van der Waals surface area contributed by atoms with Crippen molar-refractivity contribution in [3.8, 4) is 0 Å². The van der Waals surface area contributed by atoms with Crippen LogP contribution in [-0.2, 0) is 14.8 Å². The molecule has 0 radical (unpaired) electrons. The lowest BCUT2D eigenvalue weighted by molar-refractivity contribution is -0.128. The molecular formula is C18H19N5O3S2. The molecule has 1 amide bonds. The predicted molar refractivity (Wildman–Crippen MR) is 108 cm³/mol. The highest BCUT2D eigenvalue weighted by Gasteiger charge is 2.35. The molecule has 146 valence electrons. The molecule has 4 heterocycles. The summed E-state index contributed by atoms with van der Waals surface area (Å²) >= 11 is 1.15. The van der Waals surface area contributed by atoms with Gasteiger partial charge in [0.15, 0.2) is 0 Å². The van der Waals surface area contributed by atoms with Gasteiger partial charge < -0.3 is 10.2 Å². The summed E-state index contributed by atoms with van der Waals surface area (Å²) in [6, 6.07) is 8.10. The van der Waals surface area contributed by atoms with E-state index < -0.39 is 16.1 Å². The van der Waals surface area contributed by atoms with Gasteiger partial charge in [0.2, 0.25) is 5.91 Å². The van der Waals surface area contributed by atoms with Crippen LogP contribution in [0.2, 0.25) is 0 Å². The van der Waals surface area contributed by atoms with Crippen molar-refractivity contribution in [2.75, 3.05) is 25.0 Å². The third kappa shape index (κ3) is 3.98. The zero-order valence-corrected chi connectivity index (χ0v) is 16.5. The molecule has 2 N–H and O–H groups in total. The first-order valence-electron chi connectivity index (χ1n) is 8.82. The number of thiophene rings is 1. The Morgan fingerprint density at radius 1 is 1.21 bits per heavy atom. The number of amides is 1. The Morgan fingerprint density at radius 3 is 2.82 bits per heavy atom. The van der Waals surface area contributed by atoms with Gasteiger partial charge >= 0.3 is 0 Å². The molecule has 3 aromatic rings. The summed E-state index contributed by atoms with van der Waals surface area (Å²) in [6.07, 6.45) is 5.46. The average molecular weight is 418 g/mol. The van der Waals surface area contributed by atoms with Gasteiger partial charge in [-0.3, -0.25) is 14.8 Å². The van der Waals surface area contributed by atoms with Crippen LogP contribution in [0.1, 0.15) is 6.42 Å². The van der Waals surface area contributed by atoms with E-state index in [4.69, 9.17) is 0 Å². The van der Waals surface area contributed by atoms with Gasteiger partial charge in [0.25, 0.3) is 10.0 Å². The molecule has 1 atom stereocenters. The lowest BCUT2D eigenvalue weighted by atomic mass is 10.3. The summed E-state index contributed by atoms with van der Waals surface area (Å²) in [5, 5.41) is 3.22. The number of hydrogen-bond acceptors (Lipinski definition) is 7. The largest absolute Gasteiger partial charge is 0.383 e.